The Morgan fingerprint density at radius 1 is 0.938 bits per heavy atom. The van der Waals surface area contributed by atoms with Gasteiger partial charge >= 0.3 is 0 Å². The van der Waals surface area contributed by atoms with Crippen LogP contribution in [0.5, 0.6) is 0 Å². The number of ketones is 4. The van der Waals surface area contributed by atoms with Gasteiger partial charge in [-0.15, -0.1) is 0 Å². The largest absolute Gasteiger partial charge is 0.328 e. The Balaban J connectivity index is 5.20. The van der Waals surface area contributed by atoms with Crippen LogP contribution >= 0.6 is 0 Å². The van der Waals surface area contributed by atoms with Crippen LogP contribution < -0.4 is 11.5 Å². The van der Waals surface area contributed by atoms with Gasteiger partial charge in [0.1, 0.15) is 0 Å². The number of nitrogens with two attached hydrogens (primary N) is 2. The first kappa shape index (κ1) is 14.6. The predicted molar refractivity (Wildman–Crippen MR) is 56.6 cm³/mol. The molecule has 6 nitrogen and oxygen atoms in total. The molecule has 0 fully saturated rings. The summed E-state index contributed by atoms with van der Waals surface area (Å²) in [5.41, 5.74) is 8.50. The van der Waals surface area contributed by atoms with Crippen molar-refractivity contribution in [3.8, 4) is 0 Å². The van der Waals surface area contributed by atoms with Gasteiger partial charge in [0.2, 0.25) is 23.1 Å². The third kappa shape index (κ3) is 2.59. The molecule has 0 saturated carbocycles. The summed E-state index contributed by atoms with van der Waals surface area (Å²) in [4.78, 5) is 45.5. The number of hydrogen-bond acceptors (Lipinski definition) is 6. The highest BCUT2D eigenvalue weighted by Gasteiger charge is 2.45. The van der Waals surface area contributed by atoms with Crippen LogP contribution in [0.15, 0.2) is 0 Å². The normalized spacial score (nSPS) is 11.0. The summed E-state index contributed by atoms with van der Waals surface area (Å²) in [6, 6.07) is 0. The van der Waals surface area contributed by atoms with E-state index >= 15 is 0 Å². The Labute approximate surface area is 93.3 Å². The Morgan fingerprint density at radius 2 is 1.25 bits per heavy atom. The van der Waals surface area contributed by atoms with E-state index < -0.39 is 35.2 Å². The topological polar surface area (TPSA) is 120 Å². The quantitative estimate of drug-likeness (QED) is 0.414. The second-order valence-electron chi connectivity index (χ2n) is 3.39. The average Bonchev–Trinajstić information content (AvgIpc) is 2.33. The van der Waals surface area contributed by atoms with E-state index in [2.05, 4.69) is 0 Å². The minimum Gasteiger partial charge on any atom is -0.328 e. The van der Waals surface area contributed by atoms with E-state index in [9.17, 15) is 19.2 Å². The molecule has 6 heteroatoms. The lowest BCUT2D eigenvalue weighted by molar-refractivity contribution is -0.147. The molecule has 0 amide bonds. The highest BCUT2D eigenvalue weighted by molar-refractivity contribution is 6.54. The summed E-state index contributed by atoms with van der Waals surface area (Å²) in [6.07, 6.45) is -0.156. The van der Waals surface area contributed by atoms with Crippen molar-refractivity contribution in [2.45, 2.75) is 32.2 Å². The fraction of sp³-hybridized carbons (Fsp3) is 0.600. The lowest BCUT2D eigenvalue weighted by Gasteiger charge is -2.22. The molecule has 0 aliphatic carbocycles. The van der Waals surface area contributed by atoms with Crippen molar-refractivity contribution in [1.82, 2.24) is 0 Å². The molecule has 90 valence electrons. The molecule has 0 bridgehead atoms. The summed E-state index contributed by atoms with van der Waals surface area (Å²) < 4.78 is 0. The number of Topliss-reactive ketones (excluding diaryl/α,β-unsaturated/α-hetero) is 4. The Morgan fingerprint density at radius 3 is 1.44 bits per heavy atom. The van der Waals surface area contributed by atoms with E-state index in [-0.39, 0.29) is 12.8 Å². The molecule has 4 N–H and O–H groups in total. The first-order valence-electron chi connectivity index (χ1n) is 4.99. The van der Waals surface area contributed by atoms with Crippen molar-refractivity contribution >= 4 is 23.1 Å². The third-order valence-corrected chi connectivity index (χ3v) is 2.28. The number of hydrogen-bond donors (Lipinski definition) is 2. The van der Waals surface area contributed by atoms with Crippen molar-refractivity contribution in [2.24, 2.45) is 11.5 Å². The SMILES string of the molecule is CCC(=O)C(=O)C(N)(CN)C(=O)C(=O)CC. The first-order valence-corrected chi connectivity index (χ1v) is 4.99. The molecule has 0 aliphatic rings. The molecule has 0 aliphatic heterocycles. The van der Waals surface area contributed by atoms with Crippen LogP contribution in [-0.4, -0.2) is 35.2 Å². The molecule has 0 aromatic carbocycles. The van der Waals surface area contributed by atoms with E-state index in [0.717, 1.165) is 0 Å². The van der Waals surface area contributed by atoms with Crippen molar-refractivity contribution in [2.75, 3.05) is 6.54 Å². The fourth-order valence-electron chi connectivity index (χ4n) is 1.11. The van der Waals surface area contributed by atoms with Crippen molar-refractivity contribution in [3.63, 3.8) is 0 Å². The second kappa shape index (κ2) is 5.62. The zero-order chi connectivity index (χ0) is 12.9. The van der Waals surface area contributed by atoms with E-state index in [1.54, 1.807) is 0 Å². The van der Waals surface area contributed by atoms with Crippen LogP contribution in [0.4, 0.5) is 0 Å². The van der Waals surface area contributed by atoms with Gasteiger partial charge in [-0.2, -0.15) is 0 Å². The van der Waals surface area contributed by atoms with E-state index in [1.165, 1.54) is 13.8 Å². The summed E-state index contributed by atoms with van der Waals surface area (Å²) in [6.45, 7) is 2.37. The van der Waals surface area contributed by atoms with Crippen LogP contribution in [0.1, 0.15) is 26.7 Å². The molecule has 0 atom stereocenters. The Hall–Kier alpha value is -1.40. The lowest BCUT2D eigenvalue weighted by atomic mass is 9.84. The molecule has 0 aromatic heterocycles. The summed E-state index contributed by atoms with van der Waals surface area (Å²) in [7, 11) is 0. The van der Waals surface area contributed by atoms with Gasteiger partial charge in [0, 0.05) is 19.4 Å². The highest BCUT2D eigenvalue weighted by Crippen LogP contribution is 2.07. The highest BCUT2D eigenvalue weighted by atomic mass is 16.2. The van der Waals surface area contributed by atoms with Gasteiger partial charge in [0.15, 0.2) is 5.54 Å². The monoisotopic (exact) mass is 228 g/mol. The molecule has 16 heavy (non-hydrogen) atoms. The molecular weight excluding hydrogens is 212 g/mol. The van der Waals surface area contributed by atoms with Gasteiger partial charge in [-0.3, -0.25) is 19.2 Å². The Bertz CT molecular complexity index is 308. The van der Waals surface area contributed by atoms with Crippen LogP contribution in [0.25, 0.3) is 0 Å². The van der Waals surface area contributed by atoms with Gasteiger partial charge in [0.05, 0.1) is 0 Å². The molecular formula is C10H16N2O4. The standard InChI is InChI=1S/C10H16N2O4/c1-3-6(13)8(15)10(12,5-11)9(16)7(14)4-2/h3-5,11-12H2,1-2H3. The van der Waals surface area contributed by atoms with Crippen LogP contribution in [-0.2, 0) is 19.2 Å². The number of carbonyl (C=O) groups is 4. The molecule has 0 radical (unpaired) electrons. The van der Waals surface area contributed by atoms with Crippen LogP contribution in [0.3, 0.4) is 0 Å². The van der Waals surface area contributed by atoms with Gasteiger partial charge in [-0.1, -0.05) is 13.8 Å². The maximum Gasteiger partial charge on any atom is 0.227 e. The van der Waals surface area contributed by atoms with Crippen molar-refractivity contribution < 1.29 is 19.2 Å². The zero-order valence-electron chi connectivity index (χ0n) is 9.41. The molecule has 0 heterocycles. The fourth-order valence-corrected chi connectivity index (χ4v) is 1.11. The average molecular weight is 228 g/mol. The van der Waals surface area contributed by atoms with Crippen molar-refractivity contribution in [3.05, 3.63) is 0 Å². The molecule has 0 rings (SSSR count). The summed E-state index contributed by atoms with van der Waals surface area (Å²) in [5, 5.41) is 0. The maximum absolute atomic E-state index is 11.6. The number of rotatable bonds is 7. The molecule has 0 saturated heterocycles. The molecule has 0 unspecified atom stereocenters. The Kier molecular flexibility index (Phi) is 5.13. The van der Waals surface area contributed by atoms with E-state index in [4.69, 9.17) is 11.5 Å². The summed E-state index contributed by atoms with van der Waals surface area (Å²) >= 11 is 0. The van der Waals surface area contributed by atoms with Gasteiger partial charge in [-0.05, 0) is 0 Å². The van der Waals surface area contributed by atoms with Gasteiger partial charge < -0.3 is 11.5 Å². The van der Waals surface area contributed by atoms with Crippen molar-refractivity contribution in [1.29, 1.82) is 0 Å². The minimum atomic E-state index is -2.19. The molecule has 0 aromatic rings. The predicted octanol–water partition coefficient (Wildman–Crippen LogP) is -1.26. The molecule has 0 spiro atoms. The van der Waals surface area contributed by atoms with E-state index in [1.807, 2.05) is 0 Å². The van der Waals surface area contributed by atoms with E-state index in [0.29, 0.717) is 0 Å². The van der Waals surface area contributed by atoms with Crippen LogP contribution in [0.2, 0.25) is 0 Å². The third-order valence-electron chi connectivity index (χ3n) is 2.28. The smallest absolute Gasteiger partial charge is 0.227 e. The van der Waals surface area contributed by atoms with Gasteiger partial charge in [0.25, 0.3) is 0 Å². The van der Waals surface area contributed by atoms with Crippen LogP contribution in [0, 0.1) is 0 Å². The van der Waals surface area contributed by atoms with Gasteiger partial charge in [-0.25, -0.2) is 0 Å². The number of carbonyl (C=O) groups excluding carboxylic acids is 4. The maximum atomic E-state index is 11.6. The minimum absolute atomic E-state index is 0.0780. The zero-order valence-corrected chi connectivity index (χ0v) is 9.41. The lowest BCUT2D eigenvalue weighted by Crippen LogP contribution is -2.64. The first-order chi connectivity index (χ1) is 7.34. The summed E-state index contributed by atoms with van der Waals surface area (Å²) in [5.74, 6) is -3.79. The second-order valence-corrected chi connectivity index (χ2v) is 3.39.